The van der Waals surface area contributed by atoms with Gasteiger partial charge in [-0.25, -0.2) is 4.39 Å². The van der Waals surface area contributed by atoms with Gasteiger partial charge in [-0.05, 0) is 37.1 Å². The molecule has 1 aromatic carbocycles. The van der Waals surface area contributed by atoms with Crippen molar-refractivity contribution >= 4 is 5.82 Å². The second-order valence-electron chi connectivity index (χ2n) is 5.38. The molecular formula is C16H18FN3O. The third-order valence-corrected chi connectivity index (χ3v) is 3.69. The summed E-state index contributed by atoms with van der Waals surface area (Å²) in [5.74, 6) is 1.05. The number of aryl methyl sites for hydroxylation is 1. The summed E-state index contributed by atoms with van der Waals surface area (Å²) in [6, 6.07) is 8.31. The molecule has 1 fully saturated rings. The minimum Gasteiger partial charge on any atom is -0.381 e. The number of hydrogen-bond donors (Lipinski definition) is 1. The number of nitrogens with zero attached hydrogens (tertiary/aromatic N) is 2. The summed E-state index contributed by atoms with van der Waals surface area (Å²) in [6.45, 7) is 4.47. The van der Waals surface area contributed by atoms with Crippen LogP contribution in [0.2, 0.25) is 0 Å². The molecule has 0 aliphatic carbocycles. The molecule has 1 N–H and O–H groups in total. The number of benzene rings is 1. The van der Waals surface area contributed by atoms with Gasteiger partial charge in [0.25, 0.3) is 0 Å². The molecule has 0 spiro atoms. The van der Waals surface area contributed by atoms with E-state index in [9.17, 15) is 4.39 Å². The molecule has 0 unspecified atom stereocenters. The molecule has 2 aromatic rings. The maximum absolute atomic E-state index is 13.3. The normalized spacial score (nSPS) is 17.9. The van der Waals surface area contributed by atoms with Crippen LogP contribution in [0.3, 0.4) is 0 Å². The predicted octanol–water partition coefficient (Wildman–Crippen LogP) is 3.04. The van der Waals surface area contributed by atoms with Gasteiger partial charge in [-0.2, -0.15) is 0 Å². The zero-order chi connectivity index (χ0) is 14.7. The third-order valence-electron chi connectivity index (χ3n) is 3.69. The van der Waals surface area contributed by atoms with Gasteiger partial charge in [0, 0.05) is 24.6 Å². The van der Waals surface area contributed by atoms with Crippen molar-refractivity contribution in [1.29, 1.82) is 0 Å². The summed E-state index contributed by atoms with van der Waals surface area (Å²) in [4.78, 5) is 0. The minimum atomic E-state index is -0.268. The standard InChI is InChI=1S/C16H18FN3O/c1-11-7-15(13-3-2-4-14(17)8-13)19-20-16(11)18-9-12-5-6-21-10-12/h2-4,7-8,12H,5-6,9-10H2,1H3,(H,18,20)/t12-/m0/s1. The summed E-state index contributed by atoms with van der Waals surface area (Å²) in [6.07, 6.45) is 1.08. The number of hydrogen-bond acceptors (Lipinski definition) is 4. The van der Waals surface area contributed by atoms with Crippen LogP contribution in [-0.4, -0.2) is 30.0 Å². The molecule has 4 nitrogen and oxygen atoms in total. The Balaban J connectivity index is 1.73. The van der Waals surface area contributed by atoms with Crippen molar-refractivity contribution in [2.45, 2.75) is 13.3 Å². The van der Waals surface area contributed by atoms with E-state index in [1.54, 1.807) is 6.07 Å². The van der Waals surface area contributed by atoms with E-state index in [1.165, 1.54) is 12.1 Å². The molecule has 1 aliphatic heterocycles. The molecule has 1 aromatic heterocycles. The molecule has 1 saturated heterocycles. The first-order chi connectivity index (χ1) is 10.2. The quantitative estimate of drug-likeness (QED) is 0.939. The first-order valence-electron chi connectivity index (χ1n) is 7.14. The number of anilines is 1. The Hall–Kier alpha value is -2.01. The van der Waals surface area contributed by atoms with Crippen LogP contribution in [-0.2, 0) is 4.74 Å². The highest BCUT2D eigenvalue weighted by Gasteiger charge is 2.16. The fourth-order valence-corrected chi connectivity index (χ4v) is 2.43. The monoisotopic (exact) mass is 287 g/mol. The van der Waals surface area contributed by atoms with E-state index < -0.39 is 0 Å². The zero-order valence-electron chi connectivity index (χ0n) is 12.0. The highest BCUT2D eigenvalue weighted by molar-refractivity contribution is 5.61. The molecular weight excluding hydrogens is 269 g/mol. The van der Waals surface area contributed by atoms with Gasteiger partial charge in [0.1, 0.15) is 5.82 Å². The van der Waals surface area contributed by atoms with Crippen molar-refractivity contribution in [2.24, 2.45) is 5.92 Å². The van der Waals surface area contributed by atoms with E-state index in [1.807, 2.05) is 19.1 Å². The van der Waals surface area contributed by atoms with Crippen LogP contribution in [0.15, 0.2) is 30.3 Å². The van der Waals surface area contributed by atoms with Gasteiger partial charge in [0.05, 0.1) is 12.3 Å². The summed E-state index contributed by atoms with van der Waals surface area (Å²) in [5.41, 5.74) is 2.42. The summed E-state index contributed by atoms with van der Waals surface area (Å²) < 4.78 is 18.6. The Bertz CT molecular complexity index is 627. The van der Waals surface area contributed by atoms with Crippen LogP contribution in [0.25, 0.3) is 11.3 Å². The molecule has 21 heavy (non-hydrogen) atoms. The maximum atomic E-state index is 13.3. The van der Waals surface area contributed by atoms with E-state index in [0.717, 1.165) is 43.1 Å². The number of ether oxygens (including phenoxy) is 1. The summed E-state index contributed by atoms with van der Waals surface area (Å²) >= 11 is 0. The van der Waals surface area contributed by atoms with E-state index in [0.29, 0.717) is 11.6 Å². The summed E-state index contributed by atoms with van der Waals surface area (Å²) in [7, 11) is 0. The van der Waals surface area contributed by atoms with Gasteiger partial charge in [0.2, 0.25) is 0 Å². The fraction of sp³-hybridized carbons (Fsp3) is 0.375. The van der Waals surface area contributed by atoms with Crippen LogP contribution in [0.1, 0.15) is 12.0 Å². The molecule has 1 aliphatic rings. The van der Waals surface area contributed by atoms with Gasteiger partial charge >= 0.3 is 0 Å². The van der Waals surface area contributed by atoms with Gasteiger partial charge in [-0.1, -0.05) is 12.1 Å². The minimum absolute atomic E-state index is 0.268. The lowest BCUT2D eigenvalue weighted by Gasteiger charge is -2.12. The van der Waals surface area contributed by atoms with Crippen LogP contribution in [0.5, 0.6) is 0 Å². The SMILES string of the molecule is Cc1cc(-c2cccc(F)c2)nnc1NC[C@@H]1CCOC1. The highest BCUT2D eigenvalue weighted by atomic mass is 19.1. The molecule has 0 radical (unpaired) electrons. The van der Waals surface area contributed by atoms with Crippen molar-refractivity contribution in [2.75, 3.05) is 25.1 Å². The Morgan fingerprint density at radius 2 is 2.24 bits per heavy atom. The third kappa shape index (κ3) is 3.36. The Kier molecular flexibility index (Phi) is 4.10. The number of aromatic nitrogens is 2. The average Bonchev–Trinajstić information content (AvgIpc) is 2.99. The van der Waals surface area contributed by atoms with E-state index in [4.69, 9.17) is 4.74 Å². The smallest absolute Gasteiger partial charge is 0.151 e. The van der Waals surface area contributed by atoms with Gasteiger partial charge in [-0.3, -0.25) is 0 Å². The Morgan fingerprint density at radius 1 is 1.33 bits per heavy atom. The molecule has 110 valence electrons. The molecule has 0 bridgehead atoms. The second kappa shape index (κ2) is 6.18. The molecule has 1 atom stereocenters. The van der Waals surface area contributed by atoms with Crippen molar-refractivity contribution in [3.8, 4) is 11.3 Å². The van der Waals surface area contributed by atoms with Crippen LogP contribution in [0, 0.1) is 18.7 Å². The van der Waals surface area contributed by atoms with E-state index in [-0.39, 0.29) is 5.82 Å². The van der Waals surface area contributed by atoms with Crippen molar-refractivity contribution < 1.29 is 9.13 Å². The topological polar surface area (TPSA) is 47.0 Å². The van der Waals surface area contributed by atoms with Gasteiger partial charge in [-0.15, -0.1) is 10.2 Å². The molecule has 2 heterocycles. The lowest BCUT2D eigenvalue weighted by atomic mass is 10.1. The molecule has 5 heteroatoms. The van der Waals surface area contributed by atoms with Crippen molar-refractivity contribution in [1.82, 2.24) is 10.2 Å². The van der Waals surface area contributed by atoms with Crippen LogP contribution < -0.4 is 5.32 Å². The number of nitrogens with one attached hydrogen (secondary N) is 1. The predicted molar refractivity (Wildman–Crippen MR) is 79.6 cm³/mol. The number of rotatable bonds is 4. The molecule has 0 saturated carbocycles. The zero-order valence-corrected chi connectivity index (χ0v) is 12.0. The summed E-state index contributed by atoms with van der Waals surface area (Å²) in [5, 5.41) is 11.7. The van der Waals surface area contributed by atoms with Gasteiger partial charge < -0.3 is 10.1 Å². The van der Waals surface area contributed by atoms with E-state index >= 15 is 0 Å². The fourth-order valence-electron chi connectivity index (χ4n) is 2.43. The molecule has 0 amide bonds. The lowest BCUT2D eigenvalue weighted by Crippen LogP contribution is -2.16. The second-order valence-corrected chi connectivity index (χ2v) is 5.38. The lowest BCUT2D eigenvalue weighted by molar-refractivity contribution is 0.187. The Morgan fingerprint density at radius 3 is 2.95 bits per heavy atom. The van der Waals surface area contributed by atoms with E-state index in [2.05, 4.69) is 15.5 Å². The Labute approximate surface area is 123 Å². The number of halogens is 1. The maximum Gasteiger partial charge on any atom is 0.151 e. The molecule has 3 rings (SSSR count). The van der Waals surface area contributed by atoms with Crippen LogP contribution >= 0.6 is 0 Å². The van der Waals surface area contributed by atoms with Crippen LogP contribution in [0.4, 0.5) is 10.2 Å². The first kappa shape index (κ1) is 13.9. The van der Waals surface area contributed by atoms with Gasteiger partial charge in [0.15, 0.2) is 5.82 Å². The largest absolute Gasteiger partial charge is 0.381 e. The first-order valence-corrected chi connectivity index (χ1v) is 7.14. The van der Waals surface area contributed by atoms with Crippen molar-refractivity contribution in [3.63, 3.8) is 0 Å². The highest BCUT2D eigenvalue weighted by Crippen LogP contribution is 2.21. The van der Waals surface area contributed by atoms with Crippen molar-refractivity contribution in [3.05, 3.63) is 41.7 Å². The average molecular weight is 287 g/mol.